The summed E-state index contributed by atoms with van der Waals surface area (Å²) >= 11 is 6.05. The second-order valence-corrected chi connectivity index (χ2v) is 13.4. The molecule has 0 aliphatic carbocycles. The third kappa shape index (κ3) is 8.27. The molecule has 0 aliphatic heterocycles. The number of hydrogen-bond donors (Lipinski definition) is 1. The fourth-order valence-electron chi connectivity index (χ4n) is 4.88. The fraction of sp³-hybridized carbons (Fsp3) is 0.257. The molecule has 0 bridgehead atoms. The van der Waals surface area contributed by atoms with Crippen molar-refractivity contribution in [1.82, 2.24) is 10.2 Å². The first kappa shape index (κ1) is 32.8. The Bertz CT molecular complexity index is 1680. The molecule has 1 N–H and O–H groups in total. The van der Waals surface area contributed by atoms with E-state index in [1.807, 2.05) is 82.3 Å². The number of nitrogens with zero attached hydrogens (tertiary/aromatic N) is 2. The predicted molar refractivity (Wildman–Crippen MR) is 176 cm³/mol. The van der Waals surface area contributed by atoms with Gasteiger partial charge in [-0.25, -0.2) is 8.42 Å². The highest BCUT2D eigenvalue weighted by Gasteiger charge is 2.35. The molecule has 7 nitrogen and oxygen atoms in total. The second kappa shape index (κ2) is 14.6. The van der Waals surface area contributed by atoms with Gasteiger partial charge in [0.05, 0.1) is 10.6 Å². The number of sulfonamides is 1. The lowest BCUT2D eigenvalue weighted by molar-refractivity contribution is -0.140. The van der Waals surface area contributed by atoms with Crippen molar-refractivity contribution < 1.29 is 18.0 Å². The predicted octanol–water partition coefficient (Wildman–Crippen LogP) is 6.32. The number of benzene rings is 4. The first-order valence-electron chi connectivity index (χ1n) is 14.5. The van der Waals surface area contributed by atoms with Gasteiger partial charge in [-0.2, -0.15) is 0 Å². The molecule has 0 radical (unpaired) electrons. The van der Waals surface area contributed by atoms with Gasteiger partial charge in [0.1, 0.15) is 12.6 Å². The van der Waals surface area contributed by atoms with Gasteiger partial charge in [0, 0.05) is 24.0 Å². The molecule has 9 heteroatoms. The minimum Gasteiger partial charge on any atom is -0.352 e. The van der Waals surface area contributed by atoms with Crippen molar-refractivity contribution in [2.75, 3.05) is 10.8 Å². The topological polar surface area (TPSA) is 86.8 Å². The SMILES string of the molecule is Cc1ccc(N(CC(=O)N(Cc2ccccc2C)C(Cc2ccccc2)C(=O)NC(C)C)S(=O)(=O)c2ccc(Cl)cc2)cc1. The van der Waals surface area contributed by atoms with Crippen LogP contribution >= 0.6 is 11.6 Å². The minimum absolute atomic E-state index is 0.000819. The summed E-state index contributed by atoms with van der Waals surface area (Å²) in [5, 5.41) is 3.37. The number of hydrogen-bond acceptors (Lipinski definition) is 4. The summed E-state index contributed by atoms with van der Waals surface area (Å²) in [4.78, 5) is 29.8. The minimum atomic E-state index is -4.19. The summed E-state index contributed by atoms with van der Waals surface area (Å²) in [5.74, 6) is -0.820. The molecule has 230 valence electrons. The van der Waals surface area contributed by atoms with Crippen LogP contribution in [0.4, 0.5) is 5.69 Å². The highest BCUT2D eigenvalue weighted by molar-refractivity contribution is 7.92. The summed E-state index contributed by atoms with van der Waals surface area (Å²) in [6.45, 7) is 7.18. The molecule has 0 spiro atoms. The maximum atomic E-state index is 14.5. The number of anilines is 1. The third-order valence-corrected chi connectivity index (χ3v) is 9.35. The molecule has 0 fully saturated rings. The maximum Gasteiger partial charge on any atom is 0.264 e. The summed E-state index contributed by atoms with van der Waals surface area (Å²) < 4.78 is 29.2. The number of aryl methyl sites for hydroxylation is 2. The molecule has 0 aromatic heterocycles. The molecular formula is C35H38ClN3O4S. The van der Waals surface area contributed by atoms with E-state index in [1.165, 1.54) is 29.2 Å². The van der Waals surface area contributed by atoms with E-state index in [-0.39, 0.29) is 29.8 Å². The molecular weight excluding hydrogens is 594 g/mol. The number of rotatable bonds is 12. The first-order valence-corrected chi connectivity index (χ1v) is 16.3. The molecule has 2 amide bonds. The Kier molecular flexibility index (Phi) is 10.8. The molecule has 4 aromatic rings. The molecule has 1 atom stereocenters. The molecule has 0 aliphatic rings. The van der Waals surface area contributed by atoms with Crippen molar-refractivity contribution in [3.63, 3.8) is 0 Å². The average molecular weight is 632 g/mol. The Hall–Kier alpha value is -4.14. The lowest BCUT2D eigenvalue weighted by Gasteiger charge is -2.34. The van der Waals surface area contributed by atoms with E-state index in [0.717, 1.165) is 26.6 Å². The van der Waals surface area contributed by atoms with E-state index >= 15 is 0 Å². The van der Waals surface area contributed by atoms with E-state index in [9.17, 15) is 18.0 Å². The zero-order chi connectivity index (χ0) is 31.9. The van der Waals surface area contributed by atoms with Gasteiger partial charge in [-0.3, -0.25) is 13.9 Å². The van der Waals surface area contributed by atoms with E-state index in [1.54, 1.807) is 24.3 Å². The van der Waals surface area contributed by atoms with Crippen molar-refractivity contribution in [1.29, 1.82) is 0 Å². The quantitative estimate of drug-likeness (QED) is 0.198. The van der Waals surface area contributed by atoms with Crippen molar-refractivity contribution >= 4 is 39.1 Å². The van der Waals surface area contributed by atoms with Gasteiger partial charge in [-0.05, 0) is 80.8 Å². The number of amides is 2. The Morgan fingerprint density at radius 2 is 1.43 bits per heavy atom. The monoisotopic (exact) mass is 631 g/mol. The van der Waals surface area contributed by atoms with Gasteiger partial charge in [0.25, 0.3) is 10.0 Å². The molecule has 4 rings (SSSR count). The van der Waals surface area contributed by atoms with Crippen LogP contribution in [0.5, 0.6) is 0 Å². The van der Waals surface area contributed by atoms with E-state index in [4.69, 9.17) is 11.6 Å². The van der Waals surface area contributed by atoms with Gasteiger partial charge in [0.2, 0.25) is 11.8 Å². The number of carbonyl (C=O) groups excluding carboxylic acids is 2. The maximum absolute atomic E-state index is 14.5. The largest absolute Gasteiger partial charge is 0.352 e. The van der Waals surface area contributed by atoms with Crippen molar-refractivity contribution in [2.24, 2.45) is 0 Å². The summed E-state index contributed by atoms with van der Waals surface area (Å²) in [6.07, 6.45) is 0.255. The van der Waals surface area contributed by atoms with Crippen LogP contribution in [-0.2, 0) is 32.6 Å². The average Bonchev–Trinajstić information content (AvgIpc) is 2.99. The second-order valence-electron chi connectivity index (χ2n) is 11.1. The molecule has 4 aromatic carbocycles. The van der Waals surface area contributed by atoms with Crippen LogP contribution in [0.3, 0.4) is 0 Å². The Labute approximate surface area is 265 Å². The van der Waals surface area contributed by atoms with Crippen molar-refractivity contribution in [3.8, 4) is 0 Å². The van der Waals surface area contributed by atoms with E-state index < -0.39 is 28.5 Å². The standard InChI is InChI=1S/C35H38ClN3O4S/c1-25(2)37-35(41)33(22-28-11-6-5-7-12-28)38(23-29-13-9-8-10-27(29)4)34(40)24-39(31-18-14-26(3)15-19-31)44(42,43)32-20-16-30(36)17-21-32/h5-21,25,33H,22-24H2,1-4H3,(H,37,41). The Morgan fingerprint density at radius 3 is 2.05 bits per heavy atom. The molecule has 0 saturated heterocycles. The van der Waals surface area contributed by atoms with E-state index in [2.05, 4.69) is 5.32 Å². The number of carbonyl (C=O) groups is 2. The van der Waals surface area contributed by atoms with Crippen LogP contribution in [0, 0.1) is 13.8 Å². The van der Waals surface area contributed by atoms with Crippen molar-refractivity contribution in [2.45, 2.75) is 57.6 Å². The normalized spacial score (nSPS) is 12.0. The zero-order valence-electron chi connectivity index (χ0n) is 25.4. The molecule has 1 unspecified atom stereocenters. The van der Waals surface area contributed by atoms with E-state index in [0.29, 0.717) is 10.7 Å². The lowest BCUT2D eigenvalue weighted by Crippen LogP contribution is -2.54. The molecule has 44 heavy (non-hydrogen) atoms. The van der Waals surface area contributed by atoms with Crippen LogP contribution in [0.1, 0.15) is 36.1 Å². The number of nitrogens with one attached hydrogen (secondary N) is 1. The summed E-state index contributed by atoms with van der Waals surface area (Å²) in [6, 6.07) is 28.9. The van der Waals surface area contributed by atoms with Crippen molar-refractivity contribution in [3.05, 3.63) is 130 Å². The van der Waals surface area contributed by atoms with Crippen LogP contribution in [0.2, 0.25) is 5.02 Å². The van der Waals surface area contributed by atoms with Crippen LogP contribution in [0.15, 0.2) is 108 Å². The van der Waals surface area contributed by atoms with Gasteiger partial charge in [-0.15, -0.1) is 0 Å². The Morgan fingerprint density at radius 1 is 0.818 bits per heavy atom. The first-order chi connectivity index (χ1) is 21.0. The van der Waals surface area contributed by atoms with Gasteiger partial charge >= 0.3 is 0 Å². The molecule has 0 saturated carbocycles. The highest BCUT2D eigenvalue weighted by atomic mass is 35.5. The summed E-state index contributed by atoms with van der Waals surface area (Å²) in [7, 11) is -4.19. The smallest absolute Gasteiger partial charge is 0.264 e. The lowest BCUT2D eigenvalue weighted by atomic mass is 10.0. The zero-order valence-corrected chi connectivity index (χ0v) is 27.0. The fourth-order valence-corrected chi connectivity index (χ4v) is 6.42. The van der Waals surface area contributed by atoms with Crippen LogP contribution in [0.25, 0.3) is 0 Å². The van der Waals surface area contributed by atoms with Gasteiger partial charge in [0.15, 0.2) is 0 Å². The summed E-state index contributed by atoms with van der Waals surface area (Å²) in [5.41, 5.74) is 3.97. The molecule has 0 heterocycles. The highest BCUT2D eigenvalue weighted by Crippen LogP contribution is 2.26. The van der Waals surface area contributed by atoms with Crippen LogP contribution in [-0.4, -0.2) is 43.8 Å². The number of halogens is 1. The van der Waals surface area contributed by atoms with Gasteiger partial charge < -0.3 is 10.2 Å². The third-order valence-electron chi connectivity index (χ3n) is 7.31. The van der Waals surface area contributed by atoms with Gasteiger partial charge in [-0.1, -0.05) is 83.9 Å². The Balaban J connectivity index is 1.81. The van der Waals surface area contributed by atoms with Crippen LogP contribution < -0.4 is 9.62 Å².